The first-order valence-corrected chi connectivity index (χ1v) is 7.87. The standard InChI is InChI=1S/C17H26N2O/c1-2-16(15-10-6-5-7-11-15)18-14-17(20)19-12-8-3-4-9-13-19/h5-7,10-11,16,18H,2-4,8-9,12-14H2,1H3. The topological polar surface area (TPSA) is 32.3 Å². The van der Waals surface area contributed by atoms with E-state index >= 15 is 0 Å². The smallest absolute Gasteiger partial charge is 0.236 e. The summed E-state index contributed by atoms with van der Waals surface area (Å²) >= 11 is 0. The van der Waals surface area contributed by atoms with Crippen LogP contribution in [0.1, 0.15) is 50.6 Å². The lowest BCUT2D eigenvalue weighted by Crippen LogP contribution is -2.39. The lowest BCUT2D eigenvalue weighted by Gasteiger charge is -2.23. The molecule has 1 atom stereocenters. The van der Waals surface area contributed by atoms with Crippen molar-refractivity contribution in [3.63, 3.8) is 0 Å². The van der Waals surface area contributed by atoms with Crippen molar-refractivity contribution < 1.29 is 4.79 Å². The van der Waals surface area contributed by atoms with Gasteiger partial charge < -0.3 is 10.2 Å². The Hall–Kier alpha value is -1.35. The number of benzene rings is 1. The van der Waals surface area contributed by atoms with Gasteiger partial charge in [0.25, 0.3) is 0 Å². The van der Waals surface area contributed by atoms with Crippen molar-refractivity contribution in [1.82, 2.24) is 10.2 Å². The van der Waals surface area contributed by atoms with Crippen LogP contribution in [0.4, 0.5) is 0 Å². The summed E-state index contributed by atoms with van der Waals surface area (Å²) in [7, 11) is 0. The Balaban J connectivity index is 1.84. The molecule has 3 heteroatoms. The van der Waals surface area contributed by atoms with E-state index in [-0.39, 0.29) is 11.9 Å². The van der Waals surface area contributed by atoms with Gasteiger partial charge in [0.05, 0.1) is 6.54 Å². The van der Waals surface area contributed by atoms with Gasteiger partial charge in [-0.25, -0.2) is 0 Å². The molecule has 2 rings (SSSR count). The zero-order chi connectivity index (χ0) is 14.2. The summed E-state index contributed by atoms with van der Waals surface area (Å²) in [4.78, 5) is 14.3. The van der Waals surface area contributed by atoms with Gasteiger partial charge in [-0.3, -0.25) is 4.79 Å². The lowest BCUT2D eigenvalue weighted by atomic mass is 10.0. The summed E-state index contributed by atoms with van der Waals surface area (Å²) in [6.45, 7) is 4.47. The Morgan fingerprint density at radius 1 is 1.15 bits per heavy atom. The SMILES string of the molecule is CCC(NCC(=O)N1CCCCCC1)c1ccccc1. The molecule has 0 aromatic heterocycles. The number of hydrogen-bond acceptors (Lipinski definition) is 2. The van der Waals surface area contributed by atoms with Crippen LogP contribution in [-0.4, -0.2) is 30.4 Å². The van der Waals surface area contributed by atoms with Crippen LogP contribution in [0.2, 0.25) is 0 Å². The molecule has 1 aliphatic heterocycles. The molecule has 1 heterocycles. The normalized spacial score (nSPS) is 17.6. The Kier molecular flexibility index (Phi) is 6.06. The third-order valence-electron chi connectivity index (χ3n) is 4.07. The molecule has 0 saturated carbocycles. The predicted molar refractivity (Wildman–Crippen MR) is 82.5 cm³/mol. The minimum atomic E-state index is 0.251. The predicted octanol–water partition coefficient (Wildman–Crippen LogP) is 3.13. The maximum atomic E-state index is 12.3. The van der Waals surface area contributed by atoms with E-state index in [1.165, 1.54) is 18.4 Å². The molecule has 1 fully saturated rings. The fraction of sp³-hybridized carbons (Fsp3) is 0.588. The van der Waals surface area contributed by atoms with Crippen LogP contribution in [0, 0.1) is 0 Å². The summed E-state index contributed by atoms with van der Waals surface area (Å²) in [5, 5.41) is 3.41. The fourth-order valence-electron chi connectivity index (χ4n) is 2.83. The molecule has 1 aromatic rings. The molecule has 0 aliphatic carbocycles. The largest absolute Gasteiger partial charge is 0.342 e. The molecule has 0 radical (unpaired) electrons. The summed E-state index contributed by atoms with van der Waals surface area (Å²) in [5.41, 5.74) is 1.26. The Bertz CT molecular complexity index is 397. The molecule has 110 valence electrons. The zero-order valence-corrected chi connectivity index (χ0v) is 12.5. The Morgan fingerprint density at radius 3 is 2.40 bits per heavy atom. The highest BCUT2D eigenvalue weighted by Crippen LogP contribution is 2.16. The van der Waals surface area contributed by atoms with Crippen LogP contribution in [0.5, 0.6) is 0 Å². The van der Waals surface area contributed by atoms with E-state index < -0.39 is 0 Å². The van der Waals surface area contributed by atoms with Gasteiger partial charge in [-0.15, -0.1) is 0 Å². The van der Waals surface area contributed by atoms with Crippen LogP contribution in [0.15, 0.2) is 30.3 Å². The van der Waals surface area contributed by atoms with E-state index in [2.05, 4.69) is 36.5 Å². The molecule has 0 bridgehead atoms. The Labute approximate surface area is 122 Å². The van der Waals surface area contributed by atoms with E-state index in [1.807, 2.05) is 11.0 Å². The lowest BCUT2D eigenvalue weighted by molar-refractivity contribution is -0.130. The molecule has 20 heavy (non-hydrogen) atoms. The average molecular weight is 274 g/mol. The maximum absolute atomic E-state index is 12.3. The number of rotatable bonds is 5. The number of carbonyl (C=O) groups is 1. The molecule has 1 aromatic carbocycles. The van der Waals surface area contributed by atoms with E-state index in [4.69, 9.17) is 0 Å². The number of likely N-dealkylation sites (tertiary alicyclic amines) is 1. The Morgan fingerprint density at radius 2 is 1.80 bits per heavy atom. The highest BCUT2D eigenvalue weighted by molar-refractivity contribution is 5.78. The van der Waals surface area contributed by atoms with Crippen molar-refractivity contribution in [2.75, 3.05) is 19.6 Å². The monoisotopic (exact) mass is 274 g/mol. The third-order valence-corrected chi connectivity index (χ3v) is 4.07. The molecular weight excluding hydrogens is 248 g/mol. The third kappa shape index (κ3) is 4.34. The first-order valence-electron chi connectivity index (χ1n) is 7.87. The molecule has 1 unspecified atom stereocenters. The second-order valence-electron chi connectivity index (χ2n) is 5.55. The minimum Gasteiger partial charge on any atom is -0.342 e. The van der Waals surface area contributed by atoms with Crippen LogP contribution < -0.4 is 5.32 Å². The van der Waals surface area contributed by atoms with Gasteiger partial charge in [-0.1, -0.05) is 50.1 Å². The van der Waals surface area contributed by atoms with Gasteiger partial charge in [0.15, 0.2) is 0 Å². The van der Waals surface area contributed by atoms with Gasteiger partial charge in [-0.2, -0.15) is 0 Å². The summed E-state index contributed by atoms with van der Waals surface area (Å²) in [6.07, 6.45) is 5.83. The highest BCUT2D eigenvalue weighted by atomic mass is 16.2. The van der Waals surface area contributed by atoms with Crippen molar-refractivity contribution in [2.24, 2.45) is 0 Å². The molecule has 3 nitrogen and oxygen atoms in total. The van der Waals surface area contributed by atoms with Crippen LogP contribution in [0.25, 0.3) is 0 Å². The first-order chi connectivity index (χ1) is 9.81. The average Bonchev–Trinajstić information content (AvgIpc) is 2.78. The number of hydrogen-bond donors (Lipinski definition) is 1. The summed E-state index contributed by atoms with van der Waals surface area (Å²) in [6, 6.07) is 10.6. The molecule has 1 saturated heterocycles. The van der Waals surface area contributed by atoms with E-state index in [0.29, 0.717) is 6.54 Å². The zero-order valence-electron chi connectivity index (χ0n) is 12.5. The number of nitrogens with one attached hydrogen (secondary N) is 1. The van der Waals surface area contributed by atoms with Gasteiger partial charge in [0.1, 0.15) is 0 Å². The van der Waals surface area contributed by atoms with Gasteiger partial charge in [0, 0.05) is 19.1 Å². The van der Waals surface area contributed by atoms with Crippen LogP contribution >= 0.6 is 0 Å². The van der Waals surface area contributed by atoms with Crippen LogP contribution in [-0.2, 0) is 4.79 Å². The van der Waals surface area contributed by atoms with Gasteiger partial charge >= 0.3 is 0 Å². The molecule has 0 spiro atoms. The van der Waals surface area contributed by atoms with E-state index in [1.54, 1.807) is 0 Å². The second kappa shape index (κ2) is 8.05. The van der Waals surface area contributed by atoms with Crippen molar-refractivity contribution in [3.05, 3.63) is 35.9 Å². The van der Waals surface area contributed by atoms with Crippen LogP contribution in [0.3, 0.4) is 0 Å². The second-order valence-corrected chi connectivity index (χ2v) is 5.55. The first kappa shape index (κ1) is 15.0. The quantitative estimate of drug-likeness (QED) is 0.894. The summed E-state index contributed by atoms with van der Waals surface area (Å²) < 4.78 is 0. The molecule has 1 aliphatic rings. The van der Waals surface area contributed by atoms with Crippen molar-refractivity contribution in [2.45, 2.75) is 45.1 Å². The van der Waals surface area contributed by atoms with Crippen molar-refractivity contribution >= 4 is 5.91 Å². The number of amides is 1. The highest BCUT2D eigenvalue weighted by Gasteiger charge is 2.17. The summed E-state index contributed by atoms with van der Waals surface area (Å²) in [5.74, 6) is 0.251. The fourth-order valence-corrected chi connectivity index (χ4v) is 2.83. The van der Waals surface area contributed by atoms with E-state index in [0.717, 1.165) is 32.4 Å². The number of nitrogens with zero attached hydrogens (tertiary/aromatic N) is 1. The minimum absolute atomic E-state index is 0.251. The van der Waals surface area contributed by atoms with Crippen molar-refractivity contribution in [3.8, 4) is 0 Å². The molecule has 1 amide bonds. The van der Waals surface area contributed by atoms with Gasteiger partial charge in [0.2, 0.25) is 5.91 Å². The molecule has 1 N–H and O–H groups in total. The number of carbonyl (C=O) groups excluding carboxylic acids is 1. The van der Waals surface area contributed by atoms with E-state index in [9.17, 15) is 4.79 Å². The molecular formula is C17H26N2O. The van der Waals surface area contributed by atoms with Crippen molar-refractivity contribution in [1.29, 1.82) is 0 Å². The maximum Gasteiger partial charge on any atom is 0.236 e. The van der Waals surface area contributed by atoms with Gasteiger partial charge in [-0.05, 0) is 24.8 Å².